The average Bonchev–Trinajstić information content (AvgIpc) is 1.52. The van der Waals surface area contributed by atoms with Crippen LogP contribution >= 0.6 is 0 Å². The number of anilines is 6. The van der Waals surface area contributed by atoms with E-state index >= 15 is 0 Å². The molecule has 100 heavy (non-hydrogen) atoms. The zero-order valence-electron chi connectivity index (χ0n) is 56.2. The molecular weight excluding hydrogens is 1210 g/mol. The maximum Gasteiger partial charge on any atom is 0.0546 e. The van der Waals surface area contributed by atoms with Crippen molar-refractivity contribution < 1.29 is 0 Å². The van der Waals surface area contributed by atoms with Crippen molar-refractivity contribution in [1.82, 2.24) is 0 Å². The van der Waals surface area contributed by atoms with Crippen molar-refractivity contribution >= 4 is 88.0 Å². The van der Waals surface area contributed by atoms with Gasteiger partial charge in [-0.25, -0.2) is 0 Å². The third-order valence-corrected chi connectivity index (χ3v) is 22.0. The van der Waals surface area contributed by atoms with E-state index in [4.69, 9.17) is 0 Å². The molecule has 0 aliphatic heterocycles. The SMILES string of the molecule is CC1(C)c2ccccc2-c2c(-c3ccccc3N(c3cc(C[C@]4(C)c5ccccc5-c5c(-c6ccccc6N(c6ccccc6-c6ccc7ccccc7c6)c6cc7ccccc7c7ccccc67)cccc54)ccc3-c3ccc4ccccc4c3)c3cccc4ccccc34)cccc21. The summed E-state index contributed by atoms with van der Waals surface area (Å²) in [6.45, 7) is 7.27. The lowest BCUT2D eigenvalue weighted by molar-refractivity contribution is 0.583. The number of fused-ring (bicyclic) bond motifs is 12. The Morgan fingerprint density at radius 1 is 0.220 bits per heavy atom. The van der Waals surface area contributed by atoms with E-state index in [9.17, 15) is 0 Å². The Morgan fingerprint density at radius 3 is 1.28 bits per heavy atom. The summed E-state index contributed by atoms with van der Waals surface area (Å²) in [4.78, 5) is 5.17. The summed E-state index contributed by atoms with van der Waals surface area (Å²) >= 11 is 0. The fraction of sp³-hybridized carbons (Fsp3) is 0.0612. The van der Waals surface area contributed by atoms with Crippen LogP contribution in [0.25, 0.3) is 121 Å². The van der Waals surface area contributed by atoms with Gasteiger partial charge in [-0.1, -0.05) is 330 Å². The van der Waals surface area contributed by atoms with E-state index in [1.807, 2.05) is 0 Å². The van der Waals surface area contributed by atoms with E-state index in [-0.39, 0.29) is 5.41 Å². The molecule has 0 unspecified atom stereocenters. The predicted octanol–water partition coefficient (Wildman–Crippen LogP) is 26.9. The lowest BCUT2D eigenvalue weighted by atomic mass is 9.75. The molecule has 2 aliphatic carbocycles. The molecule has 0 fully saturated rings. The molecule has 0 bridgehead atoms. The summed E-state index contributed by atoms with van der Waals surface area (Å²) in [5.41, 5.74) is 27.2. The topological polar surface area (TPSA) is 6.48 Å². The van der Waals surface area contributed by atoms with E-state index in [2.05, 4.69) is 388 Å². The van der Waals surface area contributed by atoms with Crippen LogP contribution in [0.2, 0.25) is 0 Å². The van der Waals surface area contributed by atoms with Gasteiger partial charge < -0.3 is 9.80 Å². The van der Waals surface area contributed by atoms with Crippen LogP contribution in [0.1, 0.15) is 48.6 Å². The van der Waals surface area contributed by atoms with Crippen LogP contribution in [0.5, 0.6) is 0 Å². The number of nitrogens with zero attached hydrogens (tertiary/aromatic N) is 2. The molecule has 19 rings (SSSR count). The molecule has 2 nitrogen and oxygen atoms in total. The Morgan fingerprint density at radius 2 is 0.630 bits per heavy atom. The van der Waals surface area contributed by atoms with Crippen LogP contribution in [-0.4, -0.2) is 0 Å². The summed E-state index contributed by atoms with van der Waals surface area (Å²) in [6.07, 6.45) is 0.741. The average molecular weight is 1280 g/mol. The van der Waals surface area contributed by atoms with Crippen LogP contribution in [0.15, 0.2) is 358 Å². The molecule has 0 spiro atoms. The number of para-hydroxylation sites is 3. The first-order valence-corrected chi connectivity index (χ1v) is 35.1. The van der Waals surface area contributed by atoms with Crippen molar-refractivity contribution in [3.05, 3.63) is 386 Å². The molecule has 472 valence electrons. The Labute approximate surface area is 584 Å². The smallest absolute Gasteiger partial charge is 0.0546 e. The van der Waals surface area contributed by atoms with E-state index in [0.29, 0.717) is 0 Å². The summed E-state index contributed by atoms with van der Waals surface area (Å²) in [7, 11) is 0. The van der Waals surface area contributed by atoms with Gasteiger partial charge in [-0.05, 0) is 170 Å². The lowest BCUT2D eigenvalue weighted by Gasteiger charge is -2.33. The molecule has 2 heteroatoms. The highest BCUT2D eigenvalue weighted by Gasteiger charge is 2.42. The Kier molecular flexibility index (Phi) is 13.8. The second-order valence-corrected chi connectivity index (χ2v) is 28.0. The van der Waals surface area contributed by atoms with Gasteiger partial charge in [0.1, 0.15) is 0 Å². The van der Waals surface area contributed by atoms with Crippen LogP contribution in [0.4, 0.5) is 34.1 Å². The maximum atomic E-state index is 2.60. The minimum atomic E-state index is -0.456. The zero-order chi connectivity index (χ0) is 66.6. The summed E-state index contributed by atoms with van der Waals surface area (Å²) in [5.74, 6) is 0. The normalized spacial score (nSPS) is 14.1. The zero-order valence-corrected chi connectivity index (χ0v) is 56.2. The first-order valence-electron chi connectivity index (χ1n) is 35.1. The van der Waals surface area contributed by atoms with Crippen LogP contribution in [0, 0.1) is 0 Å². The molecule has 0 saturated heterocycles. The monoisotopic (exact) mass is 1270 g/mol. The minimum Gasteiger partial charge on any atom is -0.309 e. The Bertz CT molecular complexity index is 6160. The highest BCUT2D eigenvalue weighted by atomic mass is 15.2. The molecule has 0 N–H and O–H groups in total. The highest BCUT2D eigenvalue weighted by molar-refractivity contribution is 6.16. The number of benzene rings is 17. The molecule has 0 saturated carbocycles. The van der Waals surface area contributed by atoms with Gasteiger partial charge in [-0.3, -0.25) is 0 Å². The van der Waals surface area contributed by atoms with Gasteiger partial charge in [0.2, 0.25) is 0 Å². The molecule has 2 aliphatic rings. The van der Waals surface area contributed by atoms with Gasteiger partial charge in [0.05, 0.1) is 34.1 Å². The Hall–Kier alpha value is -12.4. The van der Waals surface area contributed by atoms with Gasteiger partial charge in [-0.15, -0.1) is 0 Å². The molecule has 0 aromatic heterocycles. The lowest BCUT2D eigenvalue weighted by Crippen LogP contribution is -2.24. The van der Waals surface area contributed by atoms with Crippen molar-refractivity contribution in [3.63, 3.8) is 0 Å². The number of hydrogen-bond acceptors (Lipinski definition) is 2. The molecule has 0 amide bonds. The second-order valence-electron chi connectivity index (χ2n) is 28.0. The van der Waals surface area contributed by atoms with Crippen molar-refractivity contribution in [2.75, 3.05) is 9.80 Å². The van der Waals surface area contributed by atoms with Crippen molar-refractivity contribution in [2.45, 2.75) is 38.0 Å². The molecule has 17 aromatic rings. The Balaban J connectivity index is 0.815. The molecule has 1 atom stereocenters. The van der Waals surface area contributed by atoms with Gasteiger partial charge in [0.25, 0.3) is 0 Å². The third kappa shape index (κ3) is 9.39. The van der Waals surface area contributed by atoms with Crippen LogP contribution < -0.4 is 9.80 Å². The minimum absolute atomic E-state index is 0.166. The number of rotatable bonds is 12. The second kappa shape index (κ2) is 23.4. The summed E-state index contributed by atoms with van der Waals surface area (Å²) < 4.78 is 0. The first-order chi connectivity index (χ1) is 49.2. The van der Waals surface area contributed by atoms with E-state index < -0.39 is 5.41 Å². The van der Waals surface area contributed by atoms with E-state index in [1.54, 1.807) is 0 Å². The van der Waals surface area contributed by atoms with Gasteiger partial charge in [-0.2, -0.15) is 0 Å². The third-order valence-electron chi connectivity index (χ3n) is 22.0. The molecular formula is C98H70N2. The van der Waals surface area contributed by atoms with Gasteiger partial charge in [0.15, 0.2) is 0 Å². The summed E-state index contributed by atoms with van der Waals surface area (Å²) in [5, 5.41) is 12.1. The molecule has 0 radical (unpaired) electrons. The van der Waals surface area contributed by atoms with Crippen molar-refractivity contribution in [1.29, 1.82) is 0 Å². The maximum absolute atomic E-state index is 2.60. The molecule has 0 heterocycles. The quantitative estimate of drug-likeness (QED) is 0.113. The first kappa shape index (κ1) is 58.9. The number of hydrogen-bond donors (Lipinski definition) is 0. The van der Waals surface area contributed by atoms with Crippen molar-refractivity contribution in [2.24, 2.45) is 0 Å². The summed E-state index contributed by atoms with van der Waals surface area (Å²) in [6, 6.07) is 135. The highest BCUT2D eigenvalue weighted by Crippen LogP contribution is 2.59. The van der Waals surface area contributed by atoms with Crippen LogP contribution in [-0.2, 0) is 17.3 Å². The predicted molar refractivity (Wildman–Crippen MR) is 425 cm³/mol. The molecule has 17 aromatic carbocycles. The largest absolute Gasteiger partial charge is 0.309 e. The van der Waals surface area contributed by atoms with E-state index in [1.165, 1.54) is 126 Å². The fourth-order valence-corrected chi connectivity index (χ4v) is 17.4. The standard InChI is InChI=1S/C98H70N2/c1-97(2)85-45-19-14-41-83(85)95-81(43-25-47-87(95)97)79-39-17-22-50-91(79)99(90-52-24-33-67-29-8-11-35-74(67)90)93-59-64(53-58-76(93)72-57-55-66-28-5-7-31-69(66)61-72)63-98(3)86-46-20-15-42-84(86)96-82(44-26-48-88(96)98)80-40-18-23-51-92(80)100(94-62-70-32-9-10-34-73(70)77-37-12-13-38-78(77)94)89-49-21-16-36-75(89)71-56-54-65-27-4-6-30-68(65)60-71/h4-62H,63H2,1-3H3/t98-/m1/s1. The van der Waals surface area contributed by atoms with E-state index in [0.717, 1.165) is 62.8 Å². The van der Waals surface area contributed by atoms with Crippen LogP contribution in [0.3, 0.4) is 0 Å². The van der Waals surface area contributed by atoms with Gasteiger partial charge in [0, 0.05) is 43.9 Å². The van der Waals surface area contributed by atoms with Gasteiger partial charge >= 0.3 is 0 Å². The fourth-order valence-electron chi connectivity index (χ4n) is 17.4. The van der Waals surface area contributed by atoms with Crippen molar-refractivity contribution in [3.8, 4) is 66.8 Å².